The van der Waals surface area contributed by atoms with Gasteiger partial charge in [0.15, 0.2) is 17.4 Å². The number of imidazole rings is 1. The van der Waals surface area contributed by atoms with Gasteiger partial charge in [-0.1, -0.05) is 0 Å². The topological polar surface area (TPSA) is 68.2 Å². The van der Waals surface area contributed by atoms with Crippen LogP contribution in [0, 0.1) is 11.6 Å². The largest absolute Gasteiger partial charge is 0.491 e. The number of hydrogen-bond acceptors (Lipinski definition) is 3. The average Bonchev–Trinajstić information content (AvgIpc) is 2.96. The van der Waals surface area contributed by atoms with Crippen molar-refractivity contribution in [2.24, 2.45) is 0 Å². The first kappa shape index (κ1) is 15.7. The highest BCUT2D eigenvalue weighted by atomic mass is 19.1. The number of aromatic nitrogens is 2. The maximum Gasteiger partial charge on any atom is 0.319 e. The first-order valence-corrected chi connectivity index (χ1v) is 6.64. The fourth-order valence-corrected chi connectivity index (χ4v) is 1.88. The van der Waals surface area contributed by atoms with Crippen molar-refractivity contribution in [1.29, 1.82) is 0 Å². The molecule has 1 heterocycles. The first-order chi connectivity index (χ1) is 10.6. The minimum atomic E-state index is -0.877. The van der Waals surface area contributed by atoms with Crippen LogP contribution in [0.4, 0.5) is 19.3 Å². The number of amides is 2. The van der Waals surface area contributed by atoms with Crippen molar-refractivity contribution in [3.63, 3.8) is 0 Å². The van der Waals surface area contributed by atoms with Crippen molar-refractivity contribution in [2.45, 2.75) is 13.0 Å². The number of halogens is 2. The normalized spacial score (nSPS) is 10.3. The molecule has 0 saturated carbocycles. The number of aryl methyl sites for hydroxylation is 1. The number of nitrogens with zero attached hydrogens (tertiary/aromatic N) is 2. The molecule has 8 heteroatoms. The van der Waals surface area contributed by atoms with Crippen LogP contribution in [0.3, 0.4) is 0 Å². The molecule has 2 N–H and O–H groups in total. The summed E-state index contributed by atoms with van der Waals surface area (Å²) in [5.74, 6) is -2.23. The monoisotopic (exact) mass is 310 g/mol. The van der Waals surface area contributed by atoms with E-state index in [9.17, 15) is 13.6 Å². The summed E-state index contributed by atoms with van der Waals surface area (Å²) in [6, 6.07) is 1.45. The number of hydrogen-bond donors (Lipinski definition) is 2. The van der Waals surface area contributed by atoms with Crippen molar-refractivity contribution in [3.8, 4) is 5.75 Å². The number of rotatable bonds is 6. The summed E-state index contributed by atoms with van der Waals surface area (Å²) in [6.07, 6.45) is 5.88. The van der Waals surface area contributed by atoms with Crippen LogP contribution in [-0.4, -0.2) is 29.2 Å². The van der Waals surface area contributed by atoms with Gasteiger partial charge in [0, 0.05) is 43.3 Å². The Labute approximate surface area is 126 Å². The second kappa shape index (κ2) is 7.39. The zero-order chi connectivity index (χ0) is 15.9. The average molecular weight is 310 g/mol. The minimum Gasteiger partial charge on any atom is -0.491 e. The van der Waals surface area contributed by atoms with Crippen LogP contribution < -0.4 is 15.4 Å². The SMILES string of the molecule is COc1c(F)cc(NC(=O)NCCCn2ccnc2)cc1F. The smallest absolute Gasteiger partial charge is 0.319 e. The van der Waals surface area contributed by atoms with E-state index in [4.69, 9.17) is 0 Å². The summed E-state index contributed by atoms with van der Waals surface area (Å²) in [6.45, 7) is 1.14. The Morgan fingerprint density at radius 1 is 1.36 bits per heavy atom. The highest BCUT2D eigenvalue weighted by Crippen LogP contribution is 2.25. The molecule has 0 radical (unpaired) electrons. The van der Waals surface area contributed by atoms with Gasteiger partial charge >= 0.3 is 6.03 Å². The third-order valence-electron chi connectivity index (χ3n) is 2.90. The summed E-state index contributed by atoms with van der Waals surface area (Å²) >= 11 is 0. The van der Waals surface area contributed by atoms with E-state index < -0.39 is 23.4 Å². The van der Waals surface area contributed by atoms with Crippen LogP contribution >= 0.6 is 0 Å². The molecular formula is C14H16F2N4O2. The molecular weight excluding hydrogens is 294 g/mol. The van der Waals surface area contributed by atoms with Gasteiger partial charge in [0.25, 0.3) is 0 Å². The van der Waals surface area contributed by atoms with E-state index in [0.717, 1.165) is 12.1 Å². The third kappa shape index (κ3) is 4.18. The van der Waals surface area contributed by atoms with E-state index in [0.29, 0.717) is 19.5 Å². The van der Waals surface area contributed by atoms with E-state index in [2.05, 4.69) is 20.4 Å². The molecule has 0 aliphatic rings. The second-order valence-electron chi connectivity index (χ2n) is 4.51. The zero-order valence-corrected chi connectivity index (χ0v) is 12.0. The molecule has 2 amide bonds. The van der Waals surface area contributed by atoms with Gasteiger partial charge in [-0.05, 0) is 6.42 Å². The van der Waals surface area contributed by atoms with Gasteiger partial charge in [-0.2, -0.15) is 0 Å². The lowest BCUT2D eigenvalue weighted by Gasteiger charge is -2.10. The van der Waals surface area contributed by atoms with Crippen LogP contribution in [0.1, 0.15) is 6.42 Å². The summed E-state index contributed by atoms with van der Waals surface area (Å²) in [7, 11) is 1.17. The van der Waals surface area contributed by atoms with Gasteiger partial charge in [0.1, 0.15) is 0 Å². The number of carbonyl (C=O) groups is 1. The molecule has 2 aromatic rings. The molecule has 1 aromatic carbocycles. The molecule has 6 nitrogen and oxygen atoms in total. The summed E-state index contributed by atoms with van der Waals surface area (Å²) in [4.78, 5) is 15.5. The second-order valence-corrected chi connectivity index (χ2v) is 4.51. The number of anilines is 1. The number of nitrogens with one attached hydrogen (secondary N) is 2. The van der Waals surface area contributed by atoms with Gasteiger partial charge in [-0.25, -0.2) is 18.6 Å². The number of benzene rings is 1. The Hall–Kier alpha value is -2.64. The lowest BCUT2D eigenvalue weighted by Crippen LogP contribution is -2.30. The Balaban J connectivity index is 1.79. The minimum absolute atomic E-state index is 0.0166. The van der Waals surface area contributed by atoms with Crippen LogP contribution in [0.2, 0.25) is 0 Å². The molecule has 0 spiro atoms. The van der Waals surface area contributed by atoms with Crippen molar-refractivity contribution in [3.05, 3.63) is 42.5 Å². The highest BCUT2D eigenvalue weighted by molar-refractivity contribution is 5.89. The van der Waals surface area contributed by atoms with Gasteiger partial charge in [-0.15, -0.1) is 0 Å². The van der Waals surface area contributed by atoms with Gasteiger partial charge in [0.2, 0.25) is 0 Å². The molecule has 0 unspecified atom stereocenters. The maximum absolute atomic E-state index is 13.5. The lowest BCUT2D eigenvalue weighted by atomic mass is 10.2. The van der Waals surface area contributed by atoms with Gasteiger partial charge < -0.3 is 19.9 Å². The van der Waals surface area contributed by atoms with Crippen molar-refractivity contribution in [2.75, 3.05) is 19.0 Å². The van der Waals surface area contributed by atoms with Crippen LogP contribution in [0.25, 0.3) is 0 Å². The van der Waals surface area contributed by atoms with E-state index in [-0.39, 0.29) is 5.69 Å². The summed E-state index contributed by atoms with van der Waals surface area (Å²) in [5.41, 5.74) is 0.0166. The summed E-state index contributed by atoms with van der Waals surface area (Å²) < 4.78 is 33.4. The van der Waals surface area contributed by atoms with Gasteiger partial charge in [0.05, 0.1) is 13.4 Å². The molecule has 1 aromatic heterocycles. The Kier molecular flexibility index (Phi) is 5.29. The van der Waals surface area contributed by atoms with Crippen molar-refractivity contribution >= 4 is 11.7 Å². The number of ether oxygens (including phenoxy) is 1. The lowest BCUT2D eigenvalue weighted by molar-refractivity contribution is 0.252. The zero-order valence-electron chi connectivity index (χ0n) is 12.0. The number of methoxy groups -OCH3 is 1. The quantitative estimate of drug-likeness (QED) is 0.805. The third-order valence-corrected chi connectivity index (χ3v) is 2.90. The molecule has 0 aliphatic heterocycles. The Morgan fingerprint density at radius 3 is 2.68 bits per heavy atom. The van der Waals surface area contributed by atoms with Crippen LogP contribution in [-0.2, 0) is 6.54 Å². The van der Waals surface area contributed by atoms with E-state index in [1.165, 1.54) is 7.11 Å². The Morgan fingerprint density at radius 2 is 2.09 bits per heavy atom. The van der Waals surface area contributed by atoms with Crippen LogP contribution in [0.15, 0.2) is 30.9 Å². The molecule has 118 valence electrons. The van der Waals surface area contributed by atoms with E-state index in [1.807, 2.05) is 10.8 Å². The highest BCUT2D eigenvalue weighted by Gasteiger charge is 2.12. The van der Waals surface area contributed by atoms with Crippen LogP contribution in [0.5, 0.6) is 5.75 Å². The fourth-order valence-electron chi connectivity index (χ4n) is 1.88. The van der Waals surface area contributed by atoms with E-state index >= 15 is 0 Å². The standard InChI is InChI=1S/C14H16F2N4O2/c1-22-13-11(15)7-10(8-12(13)16)19-14(21)18-3-2-5-20-6-4-17-9-20/h4,6-9H,2-3,5H2,1H3,(H2,18,19,21). The number of carbonyl (C=O) groups excluding carboxylic acids is 1. The predicted octanol–water partition coefficient (Wildman–Crippen LogP) is 2.38. The van der Waals surface area contributed by atoms with Crippen molar-refractivity contribution in [1.82, 2.24) is 14.9 Å². The first-order valence-electron chi connectivity index (χ1n) is 6.64. The fraction of sp³-hybridized carbons (Fsp3) is 0.286. The van der Waals surface area contributed by atoms with Gasteiger partial charge in [-0.3, -0.25) is 0 Å². The molecule has 0 saturated heterocycles. The molecule has 22 heavy (non-hydrogen) atoms. The predicted molar refractivity (Wildman–Crippen MR) is 76.8 cm³/mol. The molecule has 0 fully saturated rings. The molecule has 0 bridgehead atoms. The molecule has 0 atom stereocenters. The summed E-state index contributed by atoms with van der Waals surface area (Å²) in [5, 5.41) is 4.96. The van der Waals surface area contributed by atoms with Crippen molar-refractivity contribution < 1.29 is 18.3 Å². The maximum atomic E-state index is 13.5. The number of urea groups is 1. The Bertz CT molecular complexity index is 609. The van der Waals surface area contributed by atoms with E-state index in [1.54, 1.807) is 12.5 Å². The molecule has 0 aliphatic carbocycles. The molecule has 2 rings (SSSR count).